The Labute approximate surface area is 121 Å². The van der Waals surface area contributed by atoms with Crippen molar-refractivity contribution in [3.8, 4) is 0 Å². The molecule has 0 radical (unpaired) electrons. The van der Waals surface area contributed by atoms with E-state index in [9.17, 15) is 4.79 Å². The van der Waals surface area contributed by atoms with Crippen LogP contribution in [0.2, 0.25) is 0 Å². The number of alkyl halides is 1. The molecule has 0 aromatic carbocycles. The van der Waals surface area contributed by atoms with Gasteiger partial charge in [0.2, 0.25) is 0 Å². The number of halogens is 1. The van der Waals surface area contributed by atoms with Crippen LogP contribution in [0.5, 0.6) is 0 Å². The third kappa shape index (κ3) is 2.74. The van der Waals surface area contributed by atoms with Crippen LogP contribution in [0.1, 0.15) is 66.8 Å². The van der Waals surface area contributed by atoms with Crippen LogP contribution in [-0.4, -0.2) is 16.2 Å². The monoisotopic (exact) mass is 281 g/mol. The molecule has 2 rings (SSSR count). The zero-order valence-corrected chi connectivity index (χ0v) is 13.0. The first-order valence-corrected chi connectivity index (χ1v) is 7.91. The minimum atomic E-state index is 0.0462. The second-order valence-corrected chi connectivity index (χ2v) is 6.00. The van der Waals surface area contributed by atoms with E-state index in [1.54, 1.807) is 0 Å². The zero-order valence-electron chi connectivity index (χ0n) is 12.2. The number of carbonyl (C=O) groups excluding carboxylic acids is 1. The number of nitrogens with zero attached hydrogens (tertiary/aromatic N) is 1. The van der Waals surface area contributed by atoms with Crippen LogP contribution in [0.4, 0.5) is 0 Å². The average Bonchev–Trinajstić information content (AvgIpc) is 2.73. The molecular formula is C16H24ClNO. The molecule has 2 unspecified atom stereocenters. The third-order valence-corrected chi connectivity index (χ3v) is 4.87. The van der Waals surface area contributed by atoms with Gasteiger partial charge in [-0.2, -0.15) is 0 Å². The first-order chi connectivity index (χ1) is 9.10. The average molecular weight is 282 g/mol. The SMILES string of the molecule is CCC1CCCCC1n1c(C)cc(C(=O)CCl)c1C. The molecule has 0 aliphatic heterocycles. The molecule has 19 heavy (non-hydrogen) atoms. The van der Waals surface area contributed by atoms with E-state index < -0.39 is 0 Å². The number of carbonyl (C=O) groups is 1. The van der Waals surface area contributed by atoms with Crippen LogP contribution >= 0.6 is 11.6 Å². The predicted molar refractivity (Wildman–Crippen MR) is 80.2 cm³/mol. The summed E-state index contributed by atoms with van der Waals surface area (Å²) in [6, 6.07) is 2.58. The second kappa shape index (κ2) is 6.13. The summed E-state index contributed by atoms with van der Waals surface area (Å²) < 4.78 is 2.40. The summed E-state index contributed by atoms with van der Waals surface area (Å²) in [4.78, 5) is 11.9. The Morgan fingerprint density at radius 1 is 1.37 bits per heavy atom. The predicted octanol–water partition coefficient (Wildman–Crippen LogP) is 4.67. The summed E-state index contributed by atoms with van der Waals surface area (Å²) in [5.74, 6) is 0.869. The number of hydrogen-bond acceptors (Lipinski definition) is 1. The highest BCUT2D eigenvalue weighted by atomic mass is 35.5. The fourth-order valence-electron chi connectivity index (χ4n) is 3.65. The van der Waals surface area contributed by atoms with Gasteiger partial charge in [0.1, 0.15) is 0 Å². The molecule has 3 heteroatoms. The first-order valence-electron chi connectivity index (χ1n) is 7.37. The lowest BCUT2D eigenvalue weighted by molar-refractivity contribution is 0.102. The molecule has 1 saturated carbocycles. The van der Waals surface area contributed by atoms with Crippen molar-refractivity contribution in [1.29, 1.82) is 0 Å². The molecule has 1 aromatic heterocycles. The van der Waals surface area contributed by atoms with Crippen molar-refractivity contribution >= 4 is 17.4 Å². The molecule has 1 aliphatic rings. The van der Waals surface area contributed by atoms with Crippen LogP contribution in [-0.2, 0) is 0 Å². The van der Waals surface area contributed by atoms with Crippen LogP contribution in [0.25, 0.3) is 0 Å². The molecule has 0 saturated heterocycles. The van der Waals surface area contributed by atoms with Gasteiger partial charge in [-0.15, -0.1) is 11.6 Å². The molecule has 1 fully saturated rings. The summed E-state index contributed by atoms with van der Waals surface area (Å²) in [7, 11) is 0. The molecule has 2 atom stereocenters. The van der Waals surface area contributed by atoms with Crippen molar-refractivity contribution in [2.45, 2.75) is 58.9 Å². The lowest BCUT2D eigenvalue weighted by Crippen LogP contribution is -2.24. The Balaban J connectivity index is 2.38. The molecular weight excluding hydrogens is 258 g/mol. The van der Waals surface area contributed by atoms with Gasteiger partial charge in [0.05, 0.1) is 5.88 Å². The van der Waals surface area contributed by atoms with Crippen LogP contribution in [0, 0.1) is 19.8 Å². The molecule has 0 bridgehead atoms. The largest absolute Gasteiger partial charge is 0.345 e. The van der Waals surface area contributed by atoms with Gasteiger partial charge in [-0.25, -0.2) is 0 Å². The van der Waals surface area contributed by atoms with Gasteiger partial charge >= 0.3 is 0 Å². The highest BCUT2D eigenvalue weighted by Crippen LogP contribution is 2.38. The summed E-state index contributed by atoms with van der Waals surface area (Å²) in [6.45, 7) is 6.45. The smallest absolute Gasteiger partial charge is 0.179 e. The Kier molecular flexibility index (Phi) is 4.72. The maximum atomic E-state index is 11.9. The molecule has 106 valence electrons. The van der Waals surface area contributed by atoms with Gasteiger partial charge in [-0.05, 0) is 38.7 Å². The van der Waals surface area contributed by atoms with Crippen molar-refractivity contribution in [2.24, 2.45) is 5.92 Å². The van der Waals surface area contributed by atoms with Gasteiger partial charge in [0.15, 0.2) is 5.78 Å². The van der Waals surface area contributed by atoms with E-state index in [1.165, 1.54) is 37.8 Å². The number of Topliss-reactive ketones (excluding diaryl/α,β-unsaturated/α-hetero) is 1. The lowest BCUT2D eigenvalue weighted by Gasteiger charge is -2.34. The summed E-state index contributed by atoms with van der Waals surface area (Å²) in [5.41, 5.74) is 3.12. The fraction of sp³-hybridized carbons (Fsp3) is 0.688. The molecule has 0 N–H and O–H groups in total. The standard InChI is InChI=1S/C16H24ClNO/c1-4-13-7-5-6-8-15(13)18-11(2)9-14(12(18)3)16(19)10-17/h9,13,15H,4-8,10H2,1-3H3. The van der Waals surface area contributed by atoms with Crippen molar-refractivity contribution in [1.82, 2.24) is 4.57 Å². The van der Waals surface area contributed by atoms with E-state index in [2.05, 4.69) is 25.3 Å². The van der Waals surface area contributed by atoms with Gasteiger partial charge in [-0.3, -0.25) is 4.79 Å². The maximum Gasteiger partial charge on any atom is 0.179 e. The van der Waals surface area contributed by atoms with E-state index in [0.29, 0.717) is 6.04 Å². The summed E-state index contributed by atoms with van der Waals surface area (Å²) in [5, 5.41) is 0. The van der Waals surface area contributed by atoms with Crippen LogP contribution in [0.3, 0.4) is 0 Å². The van der Waals surface area contributed by atoms with Crippen molar-refractivity contribution in [3.63, 3.8) is 0 Å². The van der Waals surface area contributed by atoms with Gasteiger partial charge in [0, 0.05) is 23.0 Å². The molecule has 1 aliphatic carbocycles. The number of aromatic nitrogens is 1. The maximum absolute atomic E-state index is 11.9. The number of aryl methyl sites for hydroxylation is 1. The quantitative estimate of drug-likeness (QED) is 0.581. The van der Waals surface area contributed by atoms with E-state index in [0.717, 1.165) is 17.2 Å². The molecule has 1 aromatic rings. The van der Waals surface area contributed by atoms with Crippen LogP contribution in [0.15, 0.2) is 6.07 Å². The van der Waals surface area contributed by atoms with E-state index in [4.69, 9.17) is 11.6 Å². The Bertz CT molecular complexity index is 464. The third-order valence-electron chi connectivity index (χ3n) is 4.63. The molecule has 0 spiro atoms. The van der Waals surface area contributed by atoms with Crippen LogP contribution < -0.4 is 0 Å². The summed E-state index contributed by atoms with van der Waals surface area (Å²) in [6.07, 6.45) is 6.43. The highest BCUT2D eigenvalue weighted by molar-refractivity contribution is 6.30. The lowest BCUT2D eigenvalue weighted by atomic mass is 9.82. The highest BCUT2D eigenvalue weighted by Gasteiger charge is 2.28. The zero-order chi connectivity index (χ0) is 14.0. The number of hydrogen-bond donors (Lipinski definition) is 0. The van der Waals surface area contributed by atoms with Crippen molar-refractivity contribution in [2.75, 3.05) is 5.88 Å². The topological polar surface area (TPSA) is 22.0 Å². The Hall–Kier alpha value is -0.760. The van der Waals surface area contributed by atoms with Gasteiger partial charge in [-0.1, -0.05) is 26.2 Å². The van der Waals surface area contributed by atoms with E-state index in [1.807, 2.05) is 6.07 Å². The Morgan fingerprint density at radius 2 is 2.05 bits per heavy atom. The van der Waals surface area contributed by atoms with Crippen molar-refractivity contribution in [3.05, 3.63) is 23.0 Å². The summed E-state index contributed by atoms with van der Waals surface area (Å²) >= 11 is 5.70. The molecule has 0 amide bonds. The minimum Gasteiger partial charge on any atom is -0.345 e. The number of rotatable bonds is 4. The minimum absolute atomic E-state index is 0.0462. The van der Waals surface area contributed by atoms with Gasteiger partial charge in [0.25, 0.3) is 0 Å². The molecule has 1 heterocycles. The van der Waals surface area contributed by atoms with E-state index in [-0.39, 0.29) is 11.7 Å². The normalized spacial score (nSPS) is 23.6. The Morgan fingerprint density at radius 3 is 2.68 bits per heavy atom. The van der Waals surface area contributed by atoms with Gasteiger partial charge < -0.3 is 4.57 Å². The fourth-order valence-corrected chi connectivity index (χ4v) is 3.79. The second-order valence-electron chi connectivity index (χ2n) is 5.73. The number of ketones is 1. The van der Waals surface area contributed by atoms with E-state index >= 15 is 0 Å². The first kappa shape index (κ1) is 14.6. The molecule has 2 nitrogen and oxygen atoms in total. The van der Waals surface area contributed by atoms with Crippen molar-refractivity contribution < 1.29 is 4.79 Å².